The molecular formula is C27H40N2O5. The highest BCUT2D eigenvalue weighted by Gasteiger charge is 2.58. The van der Waals surface area contributed by atoms with Gasteiger partial charge < -0.3 is 19.6 Å². The largest absolute Gasteiger partial charge is 0.467 e. The predicted octanol–water partition coefficient (Wildman–Crippen LogP) is 3.85. The Morgan fingerprint density at radius 2 is 1.94 bits per heavy atom. The van der Waals surface area contributed by atoms with Crippen LogP contribution in [0.15, 0.2) is 16.8 Å². The zero-order chi connectivity index (χ0) is 24.1. The third-order valence-corrected chi connectivity index (χ3v) is 10.3. The molecule has 0 aromatic carbocycles. The molecule has 4 fully saturated rings. The molecule has 0 aromatic heterocycles. The van der Waals surface area contributed by atoms with Gasteiger partial charge in [-0.2, -0.15) is 0 Å². The zero-order valence-corrected chi connectivity index (χ0v) is 20.9. The van der Waals surface area contributed by atoms with Crippen LogP contribution in [0.5, 0.6) is 0 Å². The number of ether oxygens (including phenoxy) is 1. The molecule has 34 heavy (non-hydrogen) atoms. The van der Waals surface area contributed by atoms with Crippen LogP contribution in [-0.4, -0.2) is 60.0 Å². The van der Waals surface area contributed by atoms with Gasteiger partial charge in [-0.25, -0.2) is 4.79 Å². The van der Waals surface area contributed by atoms with Crippen molar-refractivity contribution in [3.63, 3.8) is 0 Å². The maximum Gasteiger partial charge on any atom is 0.328 e. The Morgan fingerprint density at radius 1 is 1.12 bits per heavy atom. The number of methoxy groups -OCH3 is 1. The lowest BCUT2D eigenvalue weighted by molar-refractivity contribution is -0.152. The van der Waals surface area contributed by atoms with Crippen LogP contribution in [-0.2, 0) is 19.2 Å². The summed E-state index contributed by atoms with van der Waals surface area (Å²) in [5.74, 6) is 1.48. The quantitative estimate of drug-likeness (QED) is 0.496. The summed E-state index contributed by atoms with van der Waals surface area (Å²) in [7, 11) is 1.35. The molecule has 1 amide bonds. The van der Waals surface area contributed by atoms with Gasteiger partial charge in [0.05, 0.1) is 18.9 Å². The van der Waals surface area contributed by atoms with Gasteiger partial charge in [-0.1, -0.05) is 24.6 Å². The molecule has 4 aliphatic carbocycles. The fraction of sp³-hybridized carbons (Fsp3) is 0.815. The summed E-state index contributed by atoms with van der Waals surface area (Å²) in [5, 5.41) is 15.0. The molecule has 0 unspecified atom stereocenters. The highest BCUT2D eigenvalue weighted by atomic mass is 16.6. The molecule has 7 nitrogen and oxygen atoms in total. The number of carbonyl (C=O) groups is 2. The second-order valence-corrected chi connectivity index (χ2v) is 11.8. The number of allylic oxidation sites excluding steroid dienone is 2. The molecule has 1 heterocycles. The van der Waals surface area contributed by atoms with E-state index < -0.39 is 6.04 Å². The highest BCUT2D eigenvalue weighted by Crippen LogP contribution is 2.65. The third-order valence-electron chi connectivity index (χ3n) is 10.3. The lowest BCUT2D eigenvalue weighted by Gasteiger charge is -2.57. The Hall–Kier alpha value is -1.89. The smallest absolute Gasteiger partial charge is 0.328 e. The van der Waals surface area contributed by atoms with Crippen LogP contribution in [0.4, 0.5) is 0 Å². The number of aliphatic hydroxyl groups is 1. The van der Waals surface area contributed by atoms with E-state index in [9.17, 15) is 14.7 Å². The van der Waals surface area contributed by atoms with E-state index in [4.69, 9.17) is 9.57 Å². The van der Waals surface area contributed by atoms with Crippen LogP contribution in [0, 0.1) is 28.6 Å². The first-order valence-corrected chi connectivity index (χ1v) is 13.2. The molecule has 0 aromatic rings. The number of likely N-dealkylation sites (tertiary alicyclic amines) is 1. The van der Waals surface area contributed by atoms with Gasteiger partial charge >= 0.3 is 5.97 Å². The first-order valence-electron chi connectivity index (χ1n) is 13.2. The van der Waals surface area contributed by atoms with Gasteiger partial charge in [-0.3, -0.25) is 4.79 Å². The van der Waals surface area contributed by atoms with Crippen molar-refractivity contribution in [1.29, 1.82) is 0 Å². The number of amides is 1. The molecular weight excluding hydrogens is 432 g/mol. The second-order valence-electron chi connectivity index (χ2n) is 11.8. The average molecular weight is 473 g/mol. The monoisotopic (exact) mass is 472 g/mol. The third kappa shape index (κ3) is 3.78. The minimum atomic E-state index is -0.500. The van der Waals surface area contributed by atoms with Crippen molar-refractivity contribution in [2.45, 2.75) is 90.2 Å². The lowest BCUT2D eigenvalue weighted by atomic mass is 9.47. The van der Waals surface area contributed by atoms with Gasteiger partial charge in [-0.15, -0.1) is 0 Å². The minimum Gasteiger partial charge on any atom is -0.467 e. The van der Waals surface area contributed by atoms with Crippen LogP contribution in [0.1, 0.15) is 78.1 Å². The van der Waals surface area contributed by atoms with Gasteiger partial charge in [0.2, 0.25) is 0 Å². The number of oxime groups is 1. The summed E-state index contributed by atoms with van der Waals surface area (Å²) >= 11 is 0. The zero-order valence-electron chi connectivity index (χ0n) is 20.9. The van der Waals surface area contributed by atoms with Gasteiger partial charge in [0, 0.05) is 6.54 Å². The number of hydrogen-bond donors (Lipinski definition) is 1. The van der Waals surface area contributed by atoms with Crippen LogP contribution in [0.25, 0.3) is 0 Å². The molecule has 0 bridgehead atoms. The number of hydrogen-bond acceptors (Lipinski definition) is 6. The number of aliphatic hydroxyl groups excluding tert-OH is 1. The van der Waals surface area contributed by atoms with E-state index in [0.29, 0.717) is 30.7 Å². The summed E-state index contributed by atoms with van der Waals surface area (Å²) in [6.45, 7) is 5.19. The Bertz CT molecular complexity index is 899. The number of rotatable bonds is 4. The normalized spacial score (nSPS) is 42.5. The van der Waals surface area contributed by atoms with Crippen molar-refractivity contribution in [3.8, 4) is 0 Å². The number of nitrogens with zero attached hydrogens (tertiary/aromatic N) is 2. The number of esters is 1. The van der Waals surface area contributed by atoms with E-state index in [-0.39, 0.29) is 35.4 Å². The summed E-state index contributed by atoms with van der Waals surface area (Å²) in [5.41, 5.74) is 2.72. The Balaban J connectivity index is 1.23. The fourth-order valence-electron chi connectivity index (χ4n) is 8.32. The van der Waals surface area contributed by atoms with Gasteiger partial charge in [0.15, 0.2) is 6.61 Å². The van der Waals surface area contributed by atoms with Crippen LogP contribution >= 0.6 is 0 Å². The SMILES string of the molecule is COC(=O)[C@@H]1CCCN1C(=O)CO/N=C1/C=C2CC[C@H]3[C@@H]4CC[C@H](O)[C@@]4(C)CC[C@@H]3[C@@]2(C)CC1. The van der Waals surface area contributed by atoms with Crippen molar-refractivity contribution in [1.82, 2.24) is 4.90 Å². The summed E-state index contributed by atoms with van der Waals surface area (Å²) < 4.78 is 4.82. The Labute approximate surface area is 202 Å². The Morgan fingerprint density at radius 3 is 2.74 bits per heavy atom. The molecule has 1 N–H and O–H groups in total. The van der Waals surface area contributed by atoms with E-state index in [1.165, 1.54) is 31.9 Å². The van der Waals surface area contributed by atoms with Crippen molar-refractivity contribution in [2.75, 3.05) is 20.3 Å². The number of carbonyl (C=O) groups excluding carboxylic acids is 2. The molecule has 3 saturated carbocycles. The molecule has 0 radical (unpaired) electrons. The maximum atomic E-state index is 12.6. The summed E-state index contributed by atoms with van der Waals surface area (Å²) in [6.07, 6.45) is 12.2. The van der Waals surface area contributed by atoms with E-state index >= 15 is 0 Å². The number of fused-ring (bicyclic) bond motifs is 5. The van der Waals surface area contributed by atoms with Gasteiger partial charge in [0.1, 0.15) is 6.04 Å². The predicted molar refractivity (Wildman–Crippen MR) is 128 cm³/mol. The molecule has 0 spiro atoms. The average Bonchev–Trinajstić information content (AvgIpc) is 3.43. The van der Waals surface area contributed by atoms with Crippen molar-refractivity contribution in [2.24, 2.45) is 33.7 Å². The first-order chi connectivity index (χ1) is 16.3. The van der Waals surface area contributed by atoms with E-state index in [2.05, 4.69) is 25.1 Å². The lowest BCUT2D eigenvalue weighted by Crippen LogP contribution is -2.51. The first kappa shape index (κ1) is 23.8. The topological polar surface area (TPSA) is 88.4 Å². The maximum absolute atomic E-state index is 12.6. The molecule has 5 aliphatic rings. The van der Waals surface area contributed by atoms with Crippen molar-refractivity contribution < 1.29 is 24.3 Å². The Kier molecular flexibility index (Phi) is 6.28. The molecule has 7 heteroatoms. The standard InChI is InChI=1S/C27H40N2O5/c1-26-12-10-18(28-34-16-24(31)29-14-4-5-22(29)25(32)33-3)15-17(26)6-7-19-20-8-9-23(30)27(20,2)13-11-21(19)26/h15,19-23,30H,4-14,16H2,1-3H3/b28-18+/t19-,20-,21-,22-,23-,26-,27-/m0/s1. The molecule has 1 saturated heterocycles. The molecule has 188 valence electrons. The van der Waals surface area contributed by atoms with Crippen LogP contribution < -0.4 is 0 Å². The second kappa shape index (κ2) is 8.96. The van der Waals surface area contributed by atoms with Crippen molar-refractivity contribution in [3.05, 3.63) is 11.6 Å². The van der Waals surface area contributed by atoms with E-state index in [1.54, 1.807) is 4.90 Å². The van der Waals surface area contributed by atoms with Crippen LogP contribution in [0.3, 0.4) is 0 Å². The fourth-order valence-corrected chi connectivity index (χ4v) is 8.32. The molecule has 1 aliphatic heterocycles. The summed E-state index contributed by atoms with van der Waals surface area (Å²) in [4.78, 5) is 31.5. The highest BCUT2D eigenvalue weighted by molar-refractivity contribution is 5.96. The molecule has 5 rings (SSSR count). The van der Waals surface area contributed by atoms with Crippen molar-refractivity contribution >= 4 is 17.6 Å². The minimum absolute atomic E-state index is 0.114. The molecule has 7 atom stereocenters. The summed E-state index contributed by atoms with van der Waals surface area (Å²) in [6, 6.07) is -0.500. The van der Waals surface area contributed by atoms with E-state index in [0.717, 1.165) is 44.2 Å². The van der Waals surface area contributed by atoms with E-state index in [1.807, 2.05) is 0 Å². The van der Waals surface area contributed by atoms with Gasteiger partial charge in [0.25, 0.3) is 5.91 Å². The van der Waals surface area contributed by atoms with Gasteiger partial charge in [-0.05, 0) is 98.9 Å². The van der Waals surface area contributed by atoms with Crippen LogP contribution in [0.2, 0.25) is 0 Å².